The fraction of sp³-hybridized carbons (Fsp3) is 0. The molecule has 2 aliphatic heterocycles. The molecule has 0 saturated carbocycles. The number of H-pyrrole nitrogens is 2. The summed E-state index contributed by atoms with van der Waals surface area (Å²) in [7, 11) is -8.78. The summed E-state index contributed by atoms with van der Waals surface area (Å²) in [6, 6.07) is 24.0. The van der Waals surface area contributed by atoms with Crippen LogP contribution >= 0.6 is 15.2 Å². The van der Waals surface area contributed by atoms with Crippen molar-refractivity contribution in [2.45, 2.75) is 0 Å². The second-order valence-corrected chi connectivity index (χ2v) is 13.6. The van der Waals surface area contributed by atoms with E-state index in [0.717, 1.165) is 38.8 Å². The van der Waals surface area contributed by atoms with Gasteiger partial charge in [-0.2, -0.15) is 0 Å². The molecule has 44 heavy (non-hydrogen) atoms. The lowest BCUT2D eigenvalue weighted by Gasteiger charge is -2.08. The average Bonchev–Trinajstić information content (AvgIpc) is 3.79. The number of rotatable bonds is 4. The predicted molar refractivity (Wildman–Crippen MR) is 173 cm³/mol. The lowest BCUT2D eigenvalue weighted by molar-refractivity contribution is 0.385. The monoisotopic (exact) mass is 622 g/mol. The fourth-order valence-corrected chi connectivity index (χ4v) is 6.40. The average molecular weight is 623 g/mol. The van der Waals surface area contributed by atoms with E-state index >= 15 is 0 Å². The molecule has 0 saturated heterocycles. The Morgan fingerprint density at radius 3 is 1.32 bits per heavy atom. The first-order valence-electron chi connectivity index (χ1n) is 13.4. The lowest BCUT2D eigenvalue weighted by atomic mass is 10.0. The molecule has 5 heterocycles. The number of aromatic nitrogens is 4. The number of benzene rings is 2. The van der Waals surface area contributed by atoms with Crippen LogP contribution in [0.3, 0.4) is 0 Å². The topological polar surface area (TPSA) is 172 Å². The van der Waals surface area contributed by atoms with Crippen molar-refractivity contribution in [2.75, 3.05) is 0 Å². The summed E-state index contributed by atoms with van der Waals surface area (Å²) < 4.78 is 23.5. The number of nitrogens with one attached hydrogen (secondary N) is 2. The highest BCUT2D eigenvalue weighted by Crippen LogP contribution is 2.37. The molecule has 0 radical (unpaired) electrons. The highest BCUT2D eigenvalue weighted by molar-refractivity contribution is 7.60. The third-order valence-electron chi connectivity index (χ3n) is 7.38. The summed E-state index contributed by atoms with van der Waals surface area (Å²) in [6.07, 6.45) is 7.54. The molecule has 5 aromatic rings. The molecule has 2 aliphatic rings. The second kappa shape index (κ2) is 10.5. The molecule has 8 bridgehead atoms. The normalized spacial score (nSPS) is 13.0. The molecule has 0 amide bonds. The lowest BCUT2D eigenvalue weighted by Crippen LogP contribution is -2.02. The summed E-state index contributed by atoms with van der Waals surface area (Å²) >= 11 is 0. The number of nitrogens with zero attached hydrogens (tertiary/aromatic N) is 2. The maximum atomic E-state index is 11.8. The van der Waals surface area contributed by atoms with E-state index in [9.17, 15) is 28.7 Å². The van der Waals surface area contributed by atoms with E-state index in [2.05, 4.69) is 9.97 Å². The number of hydrogen-bond acceptors (Lipinski definition) is 4. The molecule has 0 atom stereocenters. The van der Waals surface area contributed by atoms with Gasteiger partial charge in [-0.25, -0.2) is 9.97 Å². The highest BCUT2D eigenvalue weighted by atomic mass is 31.2. The van der Waals surface area contributed by atoms with Crippen molar-refractivity contribution in [1.82, 2.24) is 19.9 Å². The van der Waals surface area contributed by atoms with E-state index in [1.165, 1.54) is 24.3 Å². The number of fused-ring (bicyclic) bond motifs is 8. The summed E-state index contributed by atoms with van der Waals surface area (Å²) in [5, 5.41) is -0.121. The van der Waals surface area contributed by atoms with Crippen LogP contribution in [0.5, 0.6) is 0 Å². The Morgan fingerprint density at radius 2 is 0.909 bits per heavy atom. The van der Waals surface area contributed by atoms with Gasteiger partial charge in [0.25, 0.3) is 0 Å². The molecule has 6 N–H and O–H groups in total. The third kappa shape index (κ3) is 5.42. The van der Waals surface area contributed by atoms with Gasteiger partial charge in [0.15, 0.2) is 0 Å². The van der Waals surface area contributed by atoms with Crippen LogP contribution in [0.2, 0.25) is 0 Å². The van der Waals surface area contributed by atoms with Gasteiger partial charge in [-0.1, -0.05) is 24.3 Å². The van der Waals surface area contributed by atoms with Crippen molar-refractivity contribution >= 4 is 72.2 Å². The number of hydrogen-bond donors (Lipinski definition) is 6. The first kappa shape index (κ1) is 28.1. The standard InChI is InChI=1S/C32H24N4O6P2/c37-43(38,39)25-9-1-19(2-10-25)31-27-13-5-21(33-27)17-23-7-15-29(35-23)32(20-3-11-26(12-4-20)44(40,41)42)30-16-8-24(36-30)18-22-6-14-28(31)34-22/h1-18,33-34H,(H2,37,38,39)(H2,40,41,42). The molecule has 12 heteroatoms. The minimum atomic E-state index is -4.39. The van der Waals surface area contributed by atoms with Crippen LogP contribution in [0, 0.1) is 0 Å². The van der Waals surface area contributed by atoms with E-state index in [0.29, 0.717) is 28.3 Å². The molecule has 10 nitrogen and oxygen atoms in total. The van der Waals surface area contributed by atoms with Crippen molar-refractivity contribution in [3.8, 4) is 22.3 Å². The molecule has 2 aromatic carbocycles. The zero-order chi connectivity index (χ0) is 30.6. The van der Waals surface area contributed by atoms with Crippen molar-refractivity contribution < 1.29 is 28.7 Å². The second-order valence-electron chi connectivity index (χ2n) is 10.4. The van der Waals surface area contributed by atoms with E-state index in [1.54, 1.807) is 24.3 Å². The van der Waals surface area contributed by atoms with Gasteiger partial charge in [0.2, 0.25) is 0 Å². The van der Waals surface area contributed by atoms with Crippen molar-refractivity contribution in [3.05, 3.63) is 108 Å². The summed E-state index contributed by atoms with van der Waals surface area (Å²) in [6.45, 7) is 0. The molecular formula is C32H24N4O6P2. The molecule has 0 fully saturated rings. The SMILES string of the molecule is O=P(O)(O)c1ccc(-c2c3nc(cc4ccc([nH]4)c(-c4ccc(P(=O)(O)O)cc4)c4ccc(cc5nc2C=C5)[nH]4)C=C3)cc1. The van der Waals surface area contributed by atoms with E-state index in [4.69, 9.17) is 9.97 Å². The first-order chi connectivity index (χ1) is 21.0. The van der Waals surface area contributed by atoms with Gasteiger partial charge < -0.3 is 29.5 Å². The zero-order valence-corrected chi connectivity index (χ0v) is 24.6. The van der Waals surface area contributed by atoms with E-state index in [-0.39, 0.29) is 10.6 Å². The van der Waals surface area contributed by atoms with Gasteiger partial charge in [0.05, 0.1) is 33.4 Å². The van der Waals surface area contributed by atoms with Crippen LogP contribution in [0.1, 0.15) is 22.8 Å². The predicted octanol–water partition coefficient (Wildman–Crippen LogP) is 5.60. The van der Waals surface area contributed by atoms with Crippen LogP contribution in [-0.4, -0.2) is 39.5 Å². The quantitative estimate of drug-likeness (QED) is 0.138. The van der Waals surface area contributed by atoms with Gasteiger partial charge in [-0.3, -0.25) is 9.13 Å². The summed E-state index contributed by atoms with van der Waals surface area (Å²) in [5.41, 5.74) is 8.88. The van der Waals surface area contributed by atoms with Crippen LogP contribution in [-0.2, 0) is 9.13 Å². The van der Waals surface area contributed by atoms with Crippen LogP contribution in [0.4, 0.5) is 0 Å². The minimum absolute atomic E-state index is 0.0545. The smallest absolute Gasteiger partial charge is 0.355 e. The van der Waals surface area contributed by atoms with Crippen molar-refractivity contribution in [2.24, 2.45) is 0 Å². The Balaban J connectivity index is 1.48. The summed E-state index contributed by atoms with van der Waals surface area (Å²) in [5.74, 6) is 0. The molecule has 218 valence electrons. The maximum Gasteiger partial charge on any atom is 0.356 e. The third-order valence-corrected chi connectivity index (χ3v) is 9.32. The summed E-state index contributed by atoms with van der Waals surface area (Å²) in [4.78, 5) is 54.9. The largest absolute Gasteiger partial charge is 0.356 e. The first-order valence-corrected chi connectivity index (χ1v) is 16.7. The molecule has 3 aromatic heterocycles. The zero-order valence-electron chi connectivity index (χ0n) is 22.8. The van der Waals surface area contributed by atoms with E-state index < -0.39 is 15.2 Å². The molecule has 0 unspecified atom stereocenters. The Bertz CT molecular complexity index is 2180. The maximum absolute atomic E-state index is 11.8. The molecule has 7 rings (SSSR count). The van der Waals surface area contributed by atoms with Gasteiger partial charge in [-0.05, 0) is 96.1 Å². The van der Waals surface area contributed by atoms with Crippen LogP contribution in [0.25, 0.3) is 68.6 Å². The van der Waals surface area contributed by atoms with E-state index in [1.807, 2.05) is 60.7 Å². The van der Waals surface area contributed by atoms with Gasteiger partial charge in [0.1, 0.15) is 0 Å². The molecule has 0 aliphatic carbocycles. The van der Waals surface area contributed by atoms with Crippen LogP contribution in [0.15, 0.2) is 84.9 Å². The van der Waals surface area contributed by atoms with Crippen molar-refractivity contribution in [3.63, 3.8) is 0 Å². The fourth-order valence-electron chi connectivity index (χ4n) is 5.33. The Hall–Kier alpha value is -4.66. The highest BCUT2D eigenvalue weighted by Gasteiger charge is 2.20. The van der Waals surface area contributed by atoms with Gasteiger partial charge >= 0.3 is 15.2 Å². The van der Waals surface area contributed by atoms with Gasteiger partial charge in [0, 0.05) is 33.2 Å². The minimum Gasteiger partial charge on any atom is -0.355 e. The number of aromatic amines is 2. The molecular weight excluding hydrogens is 598 g/mol. The van der Waals surface area contributed by atoms with Crippen molar-refractivity contribution in [1.29, 1.82) is 0 Å². The Morgan fingerprint density at radius 1 is 0.500 bits per heavy atom. The Labute approximate surface area is 250 Å². The Kier molecular flexibility index (Phi) is 6.72. The molecule has 0 spiro atoms. The van der Waals surface area contributed by atoms with Gasteiger partial charge in [-0.15, -0.1) is 0 Å². The van der Waals surface area contributed by atoms with Crippen LogP contribution < -0.4 is 10.6 Å².